The van der Waals surface area contributed by atoms with Gasteiger partial charge in [0.1, 0.15) is 5.75 Å². The number of ether oxygens (including phenoxy) is 2. The lowest BCUT2D eigenvalue weighted by Crippen LogP contribution is -2.46. The highest BCUT2D eigenvalue weighted by Crippen LogP contribution is 2.36. The van der Waals surface area contributed by atoms with Gasteiger partial charge in [-0.3, -0.25) is 0 Å². The zero-order chi connectivity index (χ0) is 23.2. The number of carbonyl (C=O) groups excluding carboxylic acids is 1. The Bertz CT molecular complexity index is 1100. The fraction of sp³-hybridized carbons (Fsp3) is 0.296. The monoisotopic (exact) mass is 446 g/mol. The van der Waals surface area contributed by atoms with Gasteiger partial charge < -0.3 is 25.2 Å². The van der Waals surface area contributed by atoms with Gasteiger partial charge in [-0.15, -0.1) is 0 Å². The first-order valence-corrected chi connectivity index (χ1v) is 11.2. The molecule has 3 aromatic rings. The molecule has 0 bridgehead atoms. The normalized spacial score (nSPS) is 17.0. The highest BCUT2D eigenvalue weighted by Gasteiger charge is 2.31. The lowest BCUT2D eigenvalue weighted by molar-refractivity contribution is 0.232. The molecule has 2 atom stereocenters. The zero-order valence-corrected chi connectivity index (χ0v) is 19.0. The van der Waals surface area contributed by atoms with E-state index in [-0.39, 0.29) is 23.7 Å². The van der Waals surface area contributed by atoms with Crippen LogP contribution in [-0.4, -0.2) is 31.4 Å². The Labute approximate surface area is 194 Å². The number of phenolic OH excluding ortho intramolecular Hbond substituents is 1. The summed E-state index contributed by atoms with van der Waals surface area (Å²) in [6.45, 7) is 0.340. The number of aromatic hydroxyl groups is 1. The van der Waals surface area contributed by atoms with Crippen molar-refractivity contribution in [1.29, 1.82) is 0 Å². The van der Waals surface area contributed by atoms with Crippen LogP contribution in [0.4, 0.5) is 4.79 Å². The van der Waals surface area contributed by atoms with E-state index in [9.17, 15) is 9.90 Å². The van der Waals surface area contributed by atoms with Crippen molar-refractivity contribution in [2.75, 3.05) is 14.2 Å². The molecule has 3 aromatic carbocycles. The van der Waals surface area contributed by atoms with Crippen LogP contribution in [0.25, 0.3) is 0 Å². The molecule has 33 heavy (non-hydrogen) atoms. The smallest absolute Gasteiger partial charge is 0.315 e. The third-order valence-corrected chi connectivity index (χ3v) is 6.27. The summed E-state index contributed by atoms with van der Waals surface area (Å²) in [5, 5.41) is 15.9. The van der Waals surface area contributed by atoms with E-state index in [2.05, 4.69) is 34.9 Å². The predicted octanol–water partition coefficient (Wildman–Crippen LogP) is 4.55. The van der Waals surface area contributed by atoms with Gasteiger partial charge in [0.25, 0.3) is 0 Å². The number of rotatable bonds is 7. The summed E-state index contributed by atoms with van der Waals surface area (Å²) in [5.74, 6) is 1.49. The maximum atomic E-state index is 12.8. The summed E-state index contributed by atoms with van der Waals surface area (Å²) in [4.78, 5) is 12.8. The average Bonchev–Trinajstić information content (AvgIpc) is 2.85. The molecular formula is C27H30N2O4. The van der Waals surface area contributed by atoms with Crippen LogP contribution in [-0.2, 0) is 19.4 Å². The number of aryl methyl sites for hydroxylation is 1. The van der Waals surface area contributed by atoms with Crippen molar-refractivity contribution >= 4 is 6.03 Å². The molecule has 0 heterocycles. The Morgan fingerprint density at radius 2 is 1.82 bits per heavy atom. The Morgan fingerprint density at radius 3 is 2.58 bits per heavy atom. The molecule has 172 valence electrons. The fourth-order valence-electron chi connectivity index (χ4n) is 4.54. The lowest BCUT2D eigenvalue weighted by atomic mass is 9.76. The number of fused-ring (bicyclic) bond motifs is 1. The minimum Gasteiger partial charge on any atom is -0.504 e. The standard InChI is InChI=1S/C27H30N2O4/c1-32-21-10-11-22-20(16-21)9-12-24(23(22)14-18-6-4-3-5-7-18)29-27(31)28-17-19-8-13-25(30)26(15-19)33-2/h3-8,10-11,13,15-16,23-24,30H,9,12,14,17H2,1-2H3,(H2,28,29,31). The summed E-state index contributed by atoms with van der Waals surface area (Å²) < 4.78 is 10.6. The van der Waals surface area contributed by atoms with Crippen LogP contribution in [0.5, 0.6) is 17.2 Å². The van der Waals surface area contributed by atoms with E-state index in [0.29, 0.717) is 12.3 Å². The Morgan fingerprint density at radius 1 is 1.00 bits per heavy atom. The third kappa shape index (κ3) is 5.40. The second kappa shape index (κ2) is 10.3. The van der Waals surface area contributed by atoms with Crippen molar-refractivity contribution in [3.8, 4) is 17.2 Å². The van der Waals surface area contributed by atoms with E-state index in [1.807, 2.05) is 24.3 Å². The molecule has 0 aliphatic heterocycles. The van der Waals surface area contributed by atoms with Crippen LogP contribution in [0.1, 0.15) is 34.6 Å². The quantitative estimate of drug-likeness (QED) is 0.497. The van der Waals surface area contributed by atoms with Gasteiger partial charge in [0.05, 0.1) is 14.2 Å². The van der Waals surface area contributed by atoms with Gasteiger partial charge in [-0.25, -0.2) is 4.79 Å². The number of phenols is 1. The molecule has 2 amide bonds. The number of urea groups is 1. The van der Waals surface area contributed by atoms with Gasteiger partial charge in [-0.1, -0.05) is 42.5 Å². The average molecular weight is 447 g/mol. The van der Waals surface area contributed by atoms with Gasteiger partial charge in [-0.2, -0.15) is 0 Å². The number of hydrogen-bond donors (Lipinski definition) is 3. The van der Waals surface area contributed by atoms with Crippen LogP contribution in [0, 0.1) is 0 Å². The van der Waals surface area contributed by atoms with Crippen LogP contribution in [0.2, 0.25) is 0 Å². The fourth-order valence-corrected chi connectivity index (χ4v) is 4.54. The third-order valence-electron chi connectivity index (χ3n) is 6.27. The van der Waals surface area contributed by atoms with E-state index in [0.717, 1.165) is 30.6 Å². The molecule has 6 nitrogen and oxygen atoms in total. The molecule has 0 saturated carbocycles. The first-order valence-electron chi connectivity index (χ1n) is 11.2. The zero-order valence-electron chi connectivity index (χ0n) is 19.0. The Balaban J connectivity index is 1.48. The van der Waals surface area contributed by atoms with Crippen molar-refractivity contribution in [2.24, 2.45) is 0 Å². The highest BCUT2D eigenvalue weighted by molar-refractivity contribution is 5.74. The second-order valence-corrected chi connectivity index (χ2v) is 8.34. The van der Waals surface area contributed by atoms with E-state index in [1.165, 1.54) is 23.8 Å². The van der Waals surface area contributed by atoms with Crippen molar-refractivity contribution < 1.29 is 19.4 Å². The molecular weight excluding hydrogens is 416 g/mol. The van der Waals surface area contributed by atoms with Crippen molar-refractivity contribution in [2.45, 2.75) is 37.8 Å². The lowest BCUT2D eigenvalue weighted by Gasteiger charge is -2.34. The van der Waals surface area contributed by atoms with E-state index < -0.39 is 0 Å². The topological polar surface area (TPSA) is 79.8 Å². The molecule has 1 aliphatic rings. The van der Waals surface area contributed by atoms with Crippen LogP contribution < -0.4 is 20.1 Å². The van der Waals surface area contributed by atoms with Crippen LogP contribution >= 0.6 is 0 Å². The largest absolute Gasteiger partial charge is 0.504 e. The van der Waals surface area contributed by atoms with E-state index >= 15 is 0 Å². The predicted molar refractivity (Wildman–Crippen MR) is 128 cm³/mol. The molecule has 6 heteroatoms. The highest BCUT2D eigenvalue weighted by atomic mass is 16.5. The summed E-state index contributed by atoms with van der Waals surface area (Å²) >= 11 is 0. The van der Waals surface area contributed by atoms with E-state index in [4.69, 9.17) is 9.47 Å². The summed E-state index contributed by atoms with van der Waals surface area (Å²) in [6, 6.07) is 21.5. The molecule has 0 spiro atoms. The second-order valence-electron chi connectivity index (χ2n) is 8.34. The van der Waals surface area contributed by atoms with Crippen LogP contribution in [0.15, 0.2) is 66.7 Å². The maximum Gasteiger partial charge on any atom is 0.315 e. The number of hydrogen-bond acceptors (Lipinski definition) is 4. The van der Waals surface area contributed by atoms with Gasteiger partial charge in [0.2, 0.25) is 0 Å². The van der Waals surface area contributed by atoms with Gasteiger partial charge >= 0.3 is 6.03 Å². The van der Waals surface area contributed by atoms with Crippen molar-refractivity contribution in [1.82, 2.24) is 10.6 Å². The Hall–Kier alpha value is -3.67. The molecule has 1 aliphatic carbocycles. The molecule has 0 saturated heterocycles. The first-order chi connectivity index (χ1) is 16.1. The number of methoxy groups -OCH3 is 2. The van der Waals surface area contributed by atoms with Gasteiger partial charge in [0.15, 0.2) is 11.5 Å². The first kappa shape index (κ1) is 22.5. The number of nitrogens with one attached hydrogen (secondary N) is 2. The molecule has 3 N–H and O–H groups in total. The van der Waals surface area contributed by atoms with Crippen molar-refractivity contribution in [3.63, 3.8) is 0 Å². The summed E-state index contributed by atoms with van der Waals surface area (Å²) in [7, 11) is 3.19. The Kier molecular flexibility index (Phi) is 7.03. The minimum absolute atomic E-state index is 0.0143. The van der Waals surface area contributed by atoms with Crippen molar-refractivity contribution in [3.05, 3.63) is 89.0 Å². The number of carbonyl (C=O) groups is 1. The summed E-state index contributed by atoms with van der Waals surface area (Å²) in [5.41, 5.74) is 4.64. The van der Waals surface area contributed by atoms with E-state index in [1.54, 1.807) is 25.3 Å². The maximum absolute atomic E-state index is 12.8. The number of benzene rings is 3. The molecule has 0 aromatic heterocycles. The van der Waals surface area contributed by atoms with Gasteiger partial charge in [-0.05, 0) is 65.8 Å². The number of amides is 2. The minimum atomic E-state index is -0.206. The van der Waals surface area contributed by atoms with Gasteiger partial charge in [0, 0.05) is 18.5 Å². The SMILES string of the molecule is COc1ccc2c(c1)CCC(NC(=O)NCc1ccc(O)c(OC)c1)C2Cc1ccccc1. The summed E-state index contributed by atoms with van der Waals surface area (Å²) in [6.07, 6.45) is 2.59. The molecule has 4 rings (SSSR count). The molecule has 2 unspecified atom stereocenters. The molecule has 0 fully saturated rings. The molecule has 0 radical (unpaired) electrons. The van der Waals surface area contributed by atoms with Crippen LogP contribution in [0.3, 0.4) is 0 Å².